The molecule has 0 bridgehead atoms. The number of rotatable bonds is 2. The van der Waals surface area contributed by atoms with Crippen LogP contribution < -0.4 is 5.32 Å². The Bertz CT molecular complexity index is 679. The number of carbonyl (C=O) groups is 1. The van der Waals surface area contributed by atoms with E-state index in [0.717, 1.165) is 16.5 Å². The highest BCUT2D eigenvalue weighted by atomic mass is 79.9. The lowest BCUT2D eigenvalue weighted by atomic mass is 10.1. The second-order valence-electron chi connectivity index (χ2n) is 5.39. The average molecular weight is 409 g/mol. The average Bonchev–Trinajstić information content (AvgIpc) is 2.74. The number of alkyl halides is 1. The van der Waals surface area contributed by atoms with E-state index in [4.69, 9.17) is 0 Å². The number of nitrogens with one attached hydrogen (secondary N) is 1. The molecule has 1 aliphatic carbocycles. The molecule has 0 spiro atoms. The van der Waals surface area contributed by atoms with Crippen molar-refractivity contribution in [1.82, 2.24) is 5.32 Å². The van der Waals surface area contributed by atoms with Gasteiger partial charge in [0.15, 0.2) is 0 Å². The first-order chi connectivity index (χ1) is 10.0. The van der Waals surface area contributed by atoms with E-state index in [0.29, 0.717) is 5.56 Å². The van der Waals surface area contributed by atoms with Crippen molar-refractivity contribution in [1.29, 1.82) is 0 Å². The Hall–Kier alpha value is -1.13. The minimum Gasteiger partial charge on any atom is -0.344 e. The summed E-state index contributed by atoms with van der Waals surface area (Å²) in [6, 6.07) is 14.1. The molecule has 3 rings (SSSR count). The fourth-order valence-corrected chi connectivity index (χ4v) is 4.18. The van der Waals surface area contributed by atoms with Crippen LogP contribution >= 0.6 is 31.9 Å². The fourth-order valence-electron chi connectivity index (χ4n) is 2.81. The minimum atomic E-state index is -0.0365. The zero-order valence-corrected chi connectivity index (χ0v) is 14.7. The maximum atomic E-state index is 12.5. The van der Waals surface area contributed by atoms with Crippen molar-refractivity contribution in [3.63, 3.8) is 0 Å². The van der Waals surface area contributed by atoms with E-state index >= 15 is 0 Å². The Labute approximate surface area is 141 Å². The van der Waals surface area contributed by atoms with Crippen LogP contribution in [0.5, 0.6) is 0 Å². The molecule has 0 saturated carbocycles. The molecule has 0 heterocycles. The second kappa shape index (κ2) is 5.93. The summed E-state index contributed by atoms with van der Waals surface area (Å²) in [5.74, 6) is -0.0365. The van der Waals surface area contributed by atoms with E-state index in [-0.39, 0.29) is 16.8 Å². The van der Waals surface area contributed by atoms with Crippen molar-refractivity contribution >= 4 is 37.8 Å². The smallest absolute Gasteiger partial charge is 0.251 e. The highest BCUT2D eigenvalue weighted by Crippen LogP contribution is 2.35. The topological polar surface area (TPSA) is 29.1 Å². The molecule has 1 amide bonds. The largest absolute Gasteiger partial charge is 0.344 e. The zero-order valence-electron chi connectivity index (χ0n) is 11.6. The molecule has 108 valence electrons. The van der Waals surface area contributed by atoms with Gasteiger partial charge in [-0.1, -0.05) is 56.1 Å². The highest BCUT2D eigenvalue weighted by molar-refractivity contribution is 9.10. The third-order valence-corrected chi connectivity index (χ3v) is 5.07. The maximum absolute atomic E-state index is 12.5. The van der Waals surface area contributed by atoms with Gasteiger partial charge in [0, 0.05) is 14.9 Å². The number of benzene rings is 2. The van der Waals surface area contributed by atoms with Gasteiger partial charge >= 0.3 is 0 Å². The van der Waals surface area contributed by atoms with Crippen LogP contribution in [-0.4, -0.2) is 10.7 Å². The summed E-state index contributed by atoms with van der Waals surface area (Å²) in [5.41, 5.74) is 4.26. The molecule has 1 N–H and O–H groups in total. The first-order valence-corrected chi connectivity index (χ1v) is 8.55. The molecule has 0 aliphatic heterocycles. The Morgan fingerprint density at radius 2 is 2.00 bits per heavy atom. The van der Waals surface area contributed by atoms with Crippen LogP contribution in [0, 0.1) is 6.92 Å². The van der Waals surface area contributed by atoms with Gasteiger partial charge in [-0.15, -0.1) is 0 Å². The lowest BCUT2D eigenvalue weighted by Crippen LogP contribution is -2.31. The summed E-state index contributed by atoms with van der Waals surface area (Å²) in [6.45, 7) is 1.99. The summed E-state index contributed by atoms with van der Waals surface area (Å²) in [4.78, 5) is 12.8. The van der Waals surface area contributed by atoms with Gasteiger partial charge in [0.2, 0.25) is 0 Å². The van der Waals surface area contributed by atoms with Gasteiger partial charge in [-0.05, 0) is 48.2 Å². The number of hydrogen-bond donors (Lipinski definition) is 1. The molecule has 2 aromatic rings. The van der Waals surface area contributed by atoms with Crippen LogP contribution in [0.4, 0.5) is 0 Å². The molecule has 4 heteroatoms. The van der Waals surface area contributed by atoms with Gasteiger partial charge in [-0.25, -0.2) is 0 Å². The predicted molar refractivity (Wildman–Crippen MR) is 91.9 cm³/mol. The van der Waals surface area contributed by atoms with E-state index < -0.39 is 0 Å². The van der Waals surface area contributed by atoms with Crippen LogP contribution in [0.3, 0.4) is 0 Å². The molecule has 0 aromatic heterocycles. The van der Waals surface area contributed by atoms with Crippen molar-refractivity contribution in [2.75, 3.05) is 0 Å². The fraction of sp³-hybridized carbons (Fsp3) is 0.235. The third kappa shape index (κ3) is 3.06. The molecule has 0 saturated heterocycles. The van der Waals surface area contributed by atoms with E-state index in [1.54, 1.807) is 0 Å². The number of hydrogen-bond acceptors (Lipinski definition) is 1. The van der Waals surface area contributed by atoms with E-state index in [1.165, 1.54) is 11.1 Å². The van der Waals surface area contributed by atoms with Crippen LogP contribution in [0.1, 0.15) is 33.1 Å². The lowest BCUT2D eigenvalue weighted by Gasteiger charge is -2.18. The summed E-state index contributed by atoms with van der Waals surface area (Å²) in [6.07, 6.45) is 0.943. The Balaban J connectivity index is 1.85. The van der Waals surface area contributed by atoms with Crippen molar-refractivity contribution in [2.45, 2.75) is 24.2 Å². The first-order valence-electron chi connectivity index (χ1n) is 6.84. The summed E-state index contributed by atoms with van der Waals surface area (Å²) >= 11 is 7.13. The normalized spacial score (nSPS) is 20.1. The predicted octanol–water partition coefficient (Wildman–Crippen LogP) is 4.55. The van der Waals surface area contributed by atoms with Crippen molar-refractivity contribution < 1.29 is 4.79 Å². The van der Waals surface area contributed by atoms with Crippen LogP contribution in [0.25, 0.3) is 0 Å². The summed E-state index contributed by atoms with van der Waals surface area (Å²) in [5, 5.41) is 3.15. The monoisotopic (exact) mass is 407 g/mol. The number of fused-ring (bicyclic) bond motifs is 1. The van der Waals surface area contributed by atoms with Gasteiger partial charge in [0.1, 0.15) is 0 Å². The Kier molecular flexibility index (Phi) is 4.18. The lowest BCUT2D eigenvalue weighted by molar-refractivity contribution is 0.0938. The third-order valence-electron chi connectivity index (χ3n) is 3.76. The van der Waals surface area contributed by atoms with Gasteiger partial charge in [-0.3, -0.25) is 4.79 Å². The first kappa shape index (κ1) is 14.8. The van der Waals surface area contributed by atoms with E-state index in [1.807, 2.05) is 37.3 Å². The van der Waals surface area contributed by atoms with Gasteiger partial charge in [0.05, 0.1) is 6.04 Å². The second-order valence-corrected chi connectivity index (χ2v) is 7.48. The molecule has 1 aliphatic rings. The Morgan fingerprint density at radius 1 is 1.24 bits per heavy atom. The maximum Gasteiger partial charge on any atom is 0.251 e. The van der Waals surface area contributed by atoms with Crippen LogP contribution in [-0.2, 0) is 6.42 Å². The van der Waals surface area contributed by atoms with Crippen molar-refractivity contribution in [3.05, 3.63) is 69.2 Å². The quantitative estimate of drug-likeness (QED) is 0.725. The molecular weight excluding hydrogens is 394 g/mol. The van der Waals surface area contributed by atoms with Crippen LogP contribution in [0.2, 0.25) is 0 Å². The van der Waals surface area contributed by atoms with E-state index in [2.05, 4.69) is 49.3 Å². The van der Waals surface area contributed by atoms with Crippen LogP contribution in [0.15, 0.2) is 46.9 Å². The summed E-state index contributed by atoms with van der Waals surface area (Å²) < 4.78 is 0.926. The molecule has 21 heavy (non-hydrogen) atoms. The summed E-state index contributed by atoms with van der Waals surface area (Å²) in [7, 11) is 0. The SMILES string of the molecule is Cc1cc(Br)cc(C(=O)NC2c3ccccc3CC2Br)c1. The number of aryl methyl sites for hydroxylation is 1. The number of amides is 1. The van der Waals surface area contributed by atoms with E-state index in [9.17, 15) is 4.79 Å². The molecule has 2 aromatic carbocycles. The zero-order chi connectivity index (χ0) is 15.0. The van der Waals surface area contributed by atoms with Gasteiger partial charge in [-0.2, -0.15) is 0 Å². The van der Waals surface area contributed by atoms with Gasteiger partial charge in [0.25, 0.3) is 5.91 Å². The minimum absolute atomic E-state index is 0.0213. The number of halogens is 2. The standard InChI is InChI=1S/C17H15Br2NO/c1-10-6-12(8-13(18)7-10)17(21)20-16-14-5-3-2-4-11(14)9-15(16)19/h2-8,15-16H,9H2,1H3,(H,20,21). The molecule has 2 unspecified atom stereocenters. The Morgan fingerprint density at radius 3 is 2.76 bits per heavy atom. The molecule has 0 radical (unpaired) electrons. The van der Waals surface area contributed by atoms with Crippen molar-refractivity contribution in [3.8, 4) is 0 Å². The molecular formula is C17H15Br2NO. The number of carbonyl (C=O) groups excluding carboxylic acids is 1. The molecule has 2 atom stereocenters. The van der Waals surface area contributed by atoms with Crippen molar-refractivity contribution in [2.24, 2.45) is 0 Å². The highest BCUT2D eigenvalue weighted by Gasteiger charge is 2.31. The molecule has 2 nitrogen and oxygen atoms in total. The van der Waals surface area contributed by atoms with Gasteiger partial charge < -0.3 is 5.32 Å². The molecule has 0 fully saturated rings.